The lowest BCUT2D eigenvalue weighted by molar-refractivity contribution is -0.131. The average Bonchev–Trinajstić information content (AvgIpc) is 3.40. The van der Waals surface area contributed by atoms with Crippen molar-refractivity contribution in [2.45, 2.75) is 75.8 Å². The number of ether oxygens (including phenoxy) is 1. The third-order valence-corrected chi connectivity index (χ3v) is 8.24. The maximum absolute atomic E-state index is 13.3. The molecular formula is C28H34N4O4. The number of methoxy groups -OCH3 is 1. The van der Waals surface area contributed by atoms with Gasteiger partial charge < -0.3 is 20.9 Å². The molecule has 8 nitrogen and oxygen atoms in total. The van der Waals surface area contributed by atoms with Crippen LogP contribution in [0.1, 0.15) is 90.3 Å². The Bertz CT molecular complexity index is 1220. The quantitative estimate of drug-likeness (QED) is 0.574. The van der Waals surface area contributed by atoms with Crippen molar-refractivity contribution < 1.29 is 19.4 Å². The van der Waals surface area contributed by atoms with Gasteiger partial charge in [0, 0.05) is 25.5 Å². The van der Waals surface area contributed by atoms with E-state index in [-0.39, 0.29) is 29.9 Å². The Morgan fingerprint density at radius 2 is 1.94 bits per heavy atom. The number of aliphatic hydroxyl groups excluding tert-OH is 1. The maximum atomic E-state index is 13.3. The fraction of sp³-hybridized carbons (Fsp3) is 0.464. The molecule has 2 aliphatic carbocycles. The van der Waals surface area contributed by atoms with E-state index in [1.54, 1.807) is 18.1 Å². The molecule has 4 atom stereocenters. The minimum Gasteiger partial charge on any atom is -0.390 e. The number of nitrogens with one attached hydrogen (secondary N) is 1. The molecule has 3 aliphatic rings. The number of hydrogen-bond acceptors (Lipinski definition) is 6. The molecule has 0 fully saturated rings. The molecule has 0 saturated heterocycles. The van der Waals surface area contributed by atoms with Crippen LogP contribution in [0.25, 0.3) is 0 Å². The fourth-order valence-electron chi connectivity index (χ4n) is 6.02. The van der Waals surface area contributed by atoms with Crippen LogP contribution in [0.15, 0.2) is 47.5 Å². The second-order valence-corrected chi connectivity index (χ2v) is 10.1. The van der Waals surface area contributed by atoms with Crippen LogP contribution in [0, 0.1) is 0 Å². The van der Waals surface area contributed by atoms with E-state index in [0.29, 0.717) is 24.8 Å². The first-order valence-corrected chi connectivity index (χ1v) is 12.7. The van der Waals surface area contributed by atoms with Crippen molar-refractivity contribution >= 4 is 17.8 Å². The van der Waals surface area contributed by atoms with E-state index < -0.39 is 17.7 Å². The molecule has 8 heteroatoms. The number of benzene rings is 2. The summed E-state index contributed by atoms with van der Waals surface area (Å²) in [4.78, 5) is 33.0. The molecule has 1 aliphatic heterocycles. The Labute approximate surface area is 211 Å². The molecule has 36 heavy (non-hydrogen) atoms. The number of carbonyl (C=O) groups excluding carboxylic acids is 2. The van der Waals surface area contributed by atoms with Crippen LogP contribution in [0.4, 0.5) is 0 Å². The normalized spacial score (nSPS) is 26.4. The summed E-state index contributed by atoms with van der Waals surface area (Å²) in [6.07, 6.45) is 1.96. The van der Waals surface area contributed by atoms with Gasteiger partial charge in [-0.1, -0.05) is 44.2 Å². The summed E-state index contributed by atoms with van der Waals surface area (Å²) >= 11 is 0. The Morgan fingerprint density at radius 1 is 1.19 bits per heavy atom. The highest BCUT2D eigenvalue weighted by atomic mass is 16.5. The molecule has 2 unspecified atom stereocenters. The minimum atomic E-state index is -0.675. The number of nitrogens with two attached hydrogens (primary N) is 1. The van der Waals surface area contributed by atoms with Crippen LogP contribution in [0.3, 0.4) is 0 Å². The highest BCUT2D eigenvalue weighted by molar-refractivity contribution is 6.00. The SMILES string of the molecule is CCC1(CC)CC(=O)N(C2CC(OC)c3ccc(C(=O)N[C@@H]4c5ccccc5C[C@H]4O)cc32)C(N)=N1. The van der Waals surface area contributed by atoms with E-state index in [9.17, 15) is 14.7 Å². The highest BCUT2D eigenvalue weighted by Crippen LogP contribution is 2.46. The predicted octanol–water partition coefficient (Wildman–Crippen LogP) is 3.31. The Morgan fingerprint density at radius 3 is 2.64 bits per heavy atom. The van der Waals surface area contributed by atoms with Crippen LogP contribution < -0.4 is 11.1 Å². The van der Waals surface area contributed by atoms with Crippen LogP contribution >= 0.6 is 0 Å². The van der Waals surface area contributed by atoms with E-state index in [4.69, 9.17) is 15.5 Å². The maximum Gasteiger partial charge on any atom is 0.251 e. The van der Waals surface area contributed by atoms with Crippen LogP contribution in [0.2, 0.25) is 0 Å². The summed E-state index contributed by atoms with van der Waals surface area (Å²) in [6, 6.07) is 12.4. The van der Waals surface area contributed by atoms with Crippen molar-refractivity contribution in [2.75, 3.05) is 7.11 Å². The van der Waals surface area contributed by atoms with Crippen molar-refractivity contribution in [3.63, 3.8) is 0 Å². The first kappa shape index (κ1) is 24.5. The van der Waals surface area contributed by atoms with Gasteiger partial charge in [0.15, 0.2) is 5.96 Å². The second-order valence-electron chi connectivity index (χ2n) is 10.1. The molecule has 0 radical (unpaired) electrons. The highest BCUT2D eigenvalue weighted by Gasteiger charge is 2.44. The molecule has 0 aromatic heterocycles. The van der Waals surface area contributed by atoms with E-state index in [1.165, 1.54) is 0 Å². The third-order valence-electron chi connectivity index (χ3n) is 8.24. The molecule has 2 amide bonds. The first-order chi connectivity index (χ1) is 17.3. The largest absolute Gasteiger partial charge is 0.390 e. The van der Waals surface area contributed by atoms with E-state index >= 15 is 0 Å². The number of rotatable bonds is 6. The number of nitrogens with zero attached hydrogens (tertiary/aromatic N) is 2. The molecule has 0 spiro atoms. The molecule has 1 heterocycles. The molecule has 0 bridgehead atoms. The number of amides is 2. The number of aliphatic hydroxyl groups is 1. The third kappa shape index (κ3) is 3.98. The molecule has 2 aromatic carbocycles. The van der Waals surface area contributed by atoms with E-state index in [1.807, 2.05) is 50.2 Å². The lowest BCUT2D eigenvalue weighted by Crippen LogP contribution is -2.52. The number of carbonyl (C=O) groups is 2. The summed E-state index contributed by atoms with van der Waals surface area (Å²) in [5, 5.41) is 13.6. The summed E-state index contributed by atoms with van der Waals surface area (Å²) in [7, 11) is 1.64. The summed E-state index contributed by atoms with van der Waals surface area (Å²) in [5.74, 6) is -0.108. The lowest BCUT2D eigenvalue weighted by Gasteiger charge is -2.39. The van der Waals surface area contributed by atoms with E-state index in [2.05, 4.69) is 5.32 Å². The lowest BCUT2D eigenvalue weighted by atomic mass is 9.87. The summed E-state index contributed by atoms with van der Waals surface area (Å²) < 4.78 is 5.72. The molecular weight excluding hydrogens is 456 g/mol. The molecule has 0 saturated carbocycles. The number of hydrogen-bond donors (Lipinski definition) is 3. The van der Waals surface area contributed by atoms with Crippen LogP contribution in [0.5, 0.6) is 0 Å². The Hall–Kier alpha value is -3.23. The molecule has 5 rings (SSSR count). The van der Waals surface area contributed by atoms with Crippen molar-refractivity contribution in [2.24, 2.45) is 10.7 Å². The van der Waals surface area contributed by atoms with Gasteiger partial charge in [-0.05, 0) is 47.2 Å². The fourth-order valence-corrected chi connectivity index (χ4v) is 6.02. The molecule has 4 N–H and O–H groups in total. The van der Waals surface area contributed by atoms with Gasteiger partial charge >= 0.3 is 0 Å². The smallest absolute Gasteiger partial charge is 0.251 e. The van der Waals surface area contributed by atoms with Gasteiger partial charge in [-0.2, -0.15) is 0 Å². The molecule has 190 valence electrons. The van der Waals surface area contributed by atoms with E-state index in [0.717, 1.165) is 35.1 Å². The standard InChI is InChI=1S/C28H34N4O4/c1-4-28(5-2)15-24(34)32(27(29)31-28)21-14-23(36-3)19-11-10-17(12-20(19)21)26(35)30-25-18-9-7-6-8-16(18)13-22(25)33/h6-12,21-23,25,33H,4-5,13-15H2,1-3H3,(H2,29,31)(H,30,35)/t21?,22-,23?,25-/m1/s1. The van der Waals surface area contributed by atoms with Crippen molar-refractivity contribution in [1.29, 1.82) is 0 Å². The zero-order valence-corrected chi connectivity index (χ0v) is 21.0. The zero-order valence-electron chi connectivity index (χ0n) is 21.0. The second kappa shape index (κ2) is 9.33. The van der Waals surface area contributed by atoms with Gasteiger partial charge in [0.1, 0.15) is 0 Å². The van der Waals surface area contributed by atoms with Crippen molar-refractivity contribution in [1.82, 2.24) is 10.2 Å². The van der Waals surface area contributed by atoms with Crippen LogP contribution in [-0.4, -0.2) is 46.5 Å². The number of fused-ring (bicyclic) bond motifs is 2. The van der Waals surface area contributed by atoms with Gasteiger partial charge in [-0.15, -0.1) is 0 Å². The minimum absolute atomic E-state index is 0.0561. The van der Waals surface area contributed by atoms with Crippen molar-refractivity contribution in [3.05, 3.63) is 70.3 Å². The average molecular weight is 491 g/mol. The monoisotopic (exact) mass is 490 g/mol. The Kier molecular flexibility index (Phi) is 6.34. The zero-order chi connectivity index (χ0) is 25.6. The van der Waals surface area contributed by atoms with Crippen molar-refractivity contribution in [3.8, 4) is 0 Å². The Balaban J connectivity index is 1.45. The number of aliphatic imine (C=N–C) groups is 1. The predicted molar refractivity (Wildman–Crippen MR) is 136 cm³/mol. The van der Waals surface area contributed by atoms with Gasteiger partial charge in [-0.25, -0.2) is 4.99 Å². The summed E-state index contributed by atoms with van der Waals surface area (Å²) in [6.45, 7) is 4.05. The van der Waals surface area contributed by atoms with Gasteiger partial charge in [0.2, 0.25) is 5.91 Å². The first-order valence-electron chi connectivity index (χ1n) is 12.7. The topological polar surface area (TPSA) is 117 Å². The van der Waals surface area contributed by atoms with Gasteiger partial charge in [-0.3, -0.25) is 14.5 Å². The van der Waals surface area contributed by atoms with Crippen LogP contribution in [-0.2, 0) is 16.0 Å². The van der Waals surface area contributed by atoms with Gasteiger partial charge in [0.05, 0.1) is 36.3 Å². The number of guanidine groups is 1. The molecule has 2 aromatic rings. The summed E-state index contributed by atoms with van der Waals surface area (Å²) in [5.41, 5.74) is 10.2. The van der Waals surface area contributed by atoms with Gasteiger partial charge in [0.25, 0.3) is 5.91 Å².